The fraction of sp³-hybridized carbons (Fsp3) is 0.0645. The molecule has 1 radical (unpaired) electrons. The van der Waals surface area contributed by atoms with Crippen LogP contribution in [-0.4, -0.2) is 0 Å². The molecule has 0 nitrogen and oxygen atoms in total. The number of hydrogen-bond acceptors (Lipinski definition) is 0. The standard InChI is InChI=1S/C31H23/c1-21-25-17-10-11-19-27(25)31(29(21)23-14-6-3-7-15-23)30-26-18-9-8-16-24(26)20-28(30)22-12-4-2-5-13-22/h2-20,31H,1H3. The quantitative estimate of drug-likeness (QED) is 0.331. The molecule has 6 rings (SSSR count). The first-order chi connectivity index (χ1) is 15.3. The van der Waals surface area contributed by atoms with Gasteiger partial charge in [-0.25, -0.2) is 0 Å². The highest BCUT2D eigenvalue weighted by Gasteiger charge is 2.37. The summed E-state index contributed by atoms with van der Waals surface area (Å²) < 4.78 is 0. The second-order valence-corrected chi connectivity index (χ2v) is 8.35. The highest BCUT2D eigenvalue weighted by atomic mass is 14.4. The number of benzene rings is 4. The average Bonchev–Trinajstić information content (AvgIpc) is 3.35. The molecule has 0 bridgehead atoms. The third-order valence-corrected chi connectivity index (χ3v) is 6.67. The van der Waals surface area contributed by atoms with Crippen molar-refractivity contribution >= 4 is 22.3 Å². The molecule has 0 spiro atoms. The Labute approximate surface area is 184 Å². The highest BCUT2D eigenvalue weighted by molar-refractivity contribution is 6.13. The molecule has 0 heterocycles. The first kappa shape index (κ1) is 18.2. The zero-order chi connectivity index (χ0) is 20.8. The van der Waals surface area contributed by atoms with Gasteiger partial charge in [0, 0.05) is 12.3 Å². The van der Waals surface area contributed by atoms with E-state index in [2.05, 4.69) is 123 Å². The van der Waals surface area contributed by atoms with E-state index in [1.54, 1.807) is 0 Å². The van der Waals surface area contributed by atoms with Crippen molar-refractivity contribution in [3.8, 4) is 0 Å². The summed E-state index contributed by atoms with van der Waals surface area (Å²) in [7, 11) is 0. The Kier molecular flexibility index (Phi) is 4.25. The highest BCUT2D eigenvalue weighted by Crippen LogP contribution is 2.57. The molecule has 0 aromatic heterocycles. The van der Waals surface area contributed by atoms with Gasteiger partial charge in [0.25, 0.3) is 0 Å². The largest absolute Gasteiger partial charge is 0.0622 e. The molecule has 2 aliphatic carbocycles. The lowest BCUT2D eigenvalue weighted by atomic mass is 9.80. The van der Waals surface area contributed by atoms with Gasteiger partial charge >= 0.3 is 0 Å². The Morgan fingerprint density at radius 2 is 1.10 bits per heavy atom. The van der Waals surface area contributed by atoms with Gasteiger partial charge in [-0.2, -0.15) is 0 Å². The van der Waals surface area contributed by atoms with Crippen LogP contribution in [0, 0.1) is 6.42 Å². The van der Waals surface area contributed by atoms with Gasteiger partial charge in [-0.05, 0) is 62.6 Å². The fourth-order valence-electron chi connectivity index (χ4n) is 5.32. The normalized spacial score (nSPS) is 17.1. The van der Waals surface area contributed by atoms with Gasteiger partial charge in [-0.1, -0.05) is 109 Å². The molecule has 4 aromatic rings. The van der Waals surface area contributed by atoms with E-state index in [0.717, 1.165) is 0 Å². The van der Waals surface area contributed by atoms with Gasteiger partial charge in [-0.15, -0.1) is 0 Å². The maximum atomic E-state index is 2.37. The van der Waals surface area contributed by atoms with E-state index in [1.807, 2.05) is 0 Å². The maximum Gasteiger partial charge on any atom is 0.0364 e. The predicted molar refractivity (Wildman–Crippen MR) is 131 cm³/mol. The summed E-state index contributed by atoms with van der Waals surface area (Å²) in [6, 6.07) is 39.5. The first-order valence-corrected chi connectivity index (χ1v) is 10.9. The third-order valence-electron chi connectivity index (χ3n) is 6.67. The Hall–Kier alpha value is -3.64. The number of fused-ring (bicyclic) bond motifs is 2. The minimum Gasteiger partial charge on any atom is -0.0622 e. The van der Waals surface area contributed by atoms with E-state index in [-0.39, 0.29) is 5.92 Å². The van der Waals surface area contributed by atoms with Gasteiger partial charge in [-0.3, -0.25) is 0 Å². The summed E-state index contributed by atoms with van der Waals surface area (Å²) in [6.07, 6.45) is 2.37. The van der Waals surface area contributed by atoms with Crippen molar-refractivity contribution in [1.82, 2.24) is 0 Å². The molecule has 2 aliphatic rings. The third kappa shape index (κ3) is 2.83. The van der Waals surface area contributed by atoms with Gasteiger partial charge in [0.15, 0.2) is 0 Å². The van der Waals surface area contributed by atoms with Crippen molar-refractivity contribution in [2.24, 2.45) is 0 Å². The van der Waals surface area contributed by atoms with E-state index >= 15 is 0 Å². The lowest BCUT2D eigenvalue weighted by Crippen LogP contribution is -2.03. The van der Waals surface area contributed by atoms with Crippen molar-refractivity contribution in [2.45, 2.75) is 12.8 Å². The monoisotopic (exact) mass is 395 g/mol. The molecule has 0 amide bonds. The lowest BCUT2D eigenvalue weighted by molar-refractivity contribution is 1.15. The van der Waals surface area contributed by atoms with Gasteiger partial charge in [0.2, 0.25) is 0 Å². The van der Waals surface area contributed by atoms with E-state index in [4.69, 9.17) is 0 Å². The second kappa shape index (κ2) is 7.25. The summed E-state index contributed by atoms with van der Waals surface area (Å²) in [5.41, 5.74) is 13.6. The van der Waals surface area contributed by atoms with Gasteiger partial charge in [0.05, 0.1) is 0 Å². The van der Waals surface area contributed by atoms with Crippen LogP contribution in [0.4, 0.5) is 0 Å². The molecule has 31 heavy (non-hydrogen) atoms. The first-order valence-electron chi connectivity index (χ1n) is 10.9. The van der Waals surface area contributed by atoms with Crippen molar-refractivity contribution in [3.63, 3.8) is 0 Å². The Bertz CT molecular complexity index is 1340. The van der Waals surface area contributed by atoms with Crippen LogP contribution in [-0.2, 0) is 0 Å². The van der Waals surface area contributed by atoms with E-state index in [0.29, 0.717) is 0 Å². The Morgan fingerprint density at radius 1 is 0.516 bits per heavy atom. The minimum absolute atomic E-state index is 0.216. The molecule has 0 N–H and O–H groups in total. The van der Waals surface area contributed by atoms with E-state index < -0.39 is 0 Å². The Balaban J connectivity index is 1.67. The van der Waals surface area contributed by atoms with Crippen molar-refractivity contribution < 1.29 is 0 Å². The minimum atomic E-state index is 0.216. The summed E-state index contributed by atoms with van der Waals surface area (Å²) in [5.74, 6) is 0.216. The fourth-order valence-corrected chi connectivity index (χ4v) is 5.32. The summed E-state index contributed by atoms with van der Waals surface area (Å²) >= 11 is 0. The van der Waals surface area contributed by atoms with Gasteiger partial charge in [0.1, 0.15) is 0 Å². The Morgan fingerprint density at radius 3 is 1.84 bits per heavy atom. The second-order valence-electron chi connectivity index (χ2n) is 8.35. The predicted octanol–water partition coefficient (Wildman–Crippen LogP) is 7.89. The molecule has 147 valence electrons. The molecule has 4 aromatic carbocycles. The van der Waals surface area contributed by atoms with Crippen molar-refractivity contribution in [2.75, 3.05) is 0 Å². The molecular weight excluding hydrogens is 372 g/mol. The average molecular weight is 396 g/mol. The molecule has 0 saturated heterocycles. The SMILES string of the molecule is CC1=C(c2ccccc2)C(C2=C(c3ccccc3)[CH]c3ccccc32)c2ccccc21. The maximum absolute atomic E-state index is 2.37. The number of rotatable bonds is 3. The molecule has 0 saturated carbocycles. The van der Waals surface area contributed by atoms with E-state index in [1.165, 1.54) is 55.7 Å². The topological polar surface area (TPSA) is 0 Å². The molecule has 0 fully saturated rings. The number of hydrogen-bond donors (Lipinski definition) is 0. The van der Waals surface area contributed by atoms with Crippen molar-refractivity contribution in [1.29, 1.82) is 0 Å². The van der Waals surface area contributed by atoms with Crippen LogP contribution in [0.1, 0.15) is 46.2 Å². The van der Waals surface area contributed by atoms with Gasteiger partial charge < -0.3 is 0 Å². The van der Waals surface area contributed by atoms with Crippen LogP contribution in [0.2, 0.25) is 0 Å². The summed E-state index contributed by atoms with van der Waals surface area (Å²) in [4.78, 5) is 0. The smallest absolute Gasteiger partial charge is 0.0364 e. The lowest BCUT2D eigenvalue weighted by Gasteiger charge is -2.22. The van der Waals surface area contributed by atoms with Crippen LogP contribution < -0.4 is 0 Å². The molecule has 1 unspecified atom stereocenters. The summed E-state index contributed by atoms with van der Waals surface area (Å²) in [5, 5.41) is 0. The molecule has 0 aliphatic heterocycles. The van der Waals surface area contributed by atoms with E-state index in [9.17, 15) is 0 Å². The zero-order valence-corrected chi connectivity index (χ0v) is 17.5. The van der Waals surface area contributed by atoms with Crippen LogP contribution in [0.5, 0.6) is 0 Å². The zero-order valence-electron chi connectivity index (χ0n) is 17.5. The molecular formula is C31H23. The van der Waals surface area contributed by atoms with Crippen LogP contribution in [0.25, 0.3) is 22.3 Å². The summed E-state index contributed by atoms with van der Waals surface area (Å²) in [6.45, 7) is 2.29. The van der Waals surface area contributed by atoms with Crippen molar-refractivity contribution in [3.05, 3.63) is 149 Å². The van der Waals surface area contributed by atoms with Crippen LogP contribution in [0.15, 0.2) is 109 Å². The molecule has 1 atom stereocenters. The number of allylic oxidation sites excluding steroid dienone is 4. The van der Waals surface area contributed by atoms with Crippen LogP contribution in [0.3, 0.4) is 0 Å². The molecule has 0 heteroatoms. The van der Waals surface area contributed by atoms with Crippen LogP contribution >= 0.6 is 0 Å².